The van der Waals surface area contributed by atoms with Gasteiger partial charge in [-0.15, -0.1) is 0 Å². The minimum Gasteiger partial charge on any atom is -0.487 e. The first-order chi connectivity index (χ1) is 13.3. The van der Waals surface area contributed by atoms with E-state index in [0.717, 1.165) is 12.1 Å². The molecule has 0 saturated carbocycles. The van der Waals surface area contributed by atoms with Crippen molar-refractivity contribution in [1.82, 2.24) is 4.57 Å². The van der Waals surface area contributed by atoms with Crippen LogP contribution < -0.4 is 16.0 Å². The molecule has 2 aromatic carbocycles. The molecule has 0 aliphatic rings. The number of amides is 1. The molecule has 8 heteroatoms. The van der Waals surface area contributed by atoms with Gasteiger partial charge in [0.1, 0.15) is 28.5 Å². The number of ether oxygens (including phenoxy) is 1. The molecule has 0 spiro atoms. The highest BCUT2D eigenvalue weighted by Gasteiger charge is 2.15. The molecule has 2 N–H and O–H groups in total. The van der Waals surface area contributed by atoms with Crippen molar-refractivity contribution in [2.45, 2.75) is 13.5 Å². The van der Waals surface area contributed by atoms with Crippen LogP contribution in [-0.2, 0) is 6.61 Å². The lowest BCUT2D eigenvalue weighted by molar-refractivity contribution is 0.1000. The molecule has 0 radical (unpaired) electrons. The van der Waals surface area contributed by atoms with Crippen molar-refractivity contribution in [1.29, 1.82) is 0 Å². The SMILES string of the molecule is Cc1cc(OCc2ccc(F)cc2F)c(Br)c(=O)n1-c1cccc(C(N)=O)c1. The zero-order valence-corrected chi connectivity index (χ0v) is 16.3. The van der Waals surface area contributed by atoms with Crippen molar-refractivity contribution in [2.24, 2.45) is 5.73 Å². The van der Waals surface area contributed by atoms with Crippen LogP contribution in [0.2, 0.25) is 0 Å². The van der Waals surface area contributed by atoms with Crippen molar-refractivity contribution < 1.29 is 18.3 Å². The van der Waals surface area contributed by atoms with E-state index in [0.29, 0.717) is 11.4 Å². The van der Waals surface area contributed by atoms with Gasteiger partial charge in [-0.05, 0) is 53.2 Å². The zero-order chi connectivity index (χ0) is 20.4. The number of aromatic nitrogens is 1. The van der Waals surface area contributed by atoms with Gasteiger partial charge in [0.15, 0.2) is 0 Å². The van der Waals surface area contributed by atoms with Crippen molar-refractivity contribution in [2.75, 3.05) is 0 Å². The van der Waals surface area contributed by atoms with Crippen LogP contribution in [0.4, 0.5) is 8.78 Å². The summed E-state index contributed by atoms with van der Waals surface area (Å²) in [7, 11) is 0. The van der Waals surface area contributed by atoms with Gasteiger partial charge in [-0.1, -0.05) is 6.07 Å². The summed E-state index contributed by atoms with van der Waals surface area (Å²) in [5, 5.41) is 0. The average Bonchev–Trinajstić information content (AvgIpc) is 2.65. The van der Waals surface area contributed by atoms with Crippen molar-refractivity contribution in [3.63, 3.8) is 0 Å². The summed E-state index contributed by atoms with van der Waals surface area (Å²) in [4.78, 5) is 24.2. The lowest BCUT2D eigenvalue weighted by atomic mass is 10.2. The van der Waals surface area contributed by atoms with Gasteiger partial charge in [-0.25, -0.2) is 8.78 Å². The average molecular weight is 449 g/mol. The van der Waals surface area contributed by atoms with Crippen LogP contribution in [0.3, 0.4) is 0 Å². The molecule has 0 aliphatic carbocycles. The van der Waals surface area contributed by atoms with Crippen LogP contribution in [0.5, 0.6) is 5.75 Å². The molecule has 1 aromatic heterocycles. The van der Waals surface area contributed by atoms with Gasteiger partial charge in [-0.2, -0.15) is 0 Å². The summed E-state index contributed by atoms with van der Waals surface area (Å²) in [5.41, 5.74) is 6.30. The predicted molar refractivity (Wildman–Crippen MR) is 104 cm³/mol. The minimum atomic E-state index is -0.732. The van der Waals surface area contributed by atoms with Crippen molar-refractivity contribution >= 4 is 21.8 Å². The van der Waals surface area contributed by atoms with Crippen LogP contribution in [0.1, 0.15) is 21.6 Å². The van der Waals surface area contributed by atoms with Gasteiger partial charge in [-0.3, -0.25) is 14.2 Å². The summed E-state index contributed by atoms with van der Waals surface area (Å²) in [5.74, 6) is -1.80. The maximum Gasteiger partial charge on any atom is 0.273 e. The smallest absolute Gasteiger partial charge is 0.273 e. The Kier molecular flexibility index (Phi) is 5.60. The minimum absolute atomic E-state index is 0.130. The number of halogens is 3. The molecule has 0 atom stereocenters. The number of aryl methyl sites for hydroxylation is 1. The monoisotopic (exact) mass is 448 g/mol. The van der Waals surface area contributed by atoms with Crippen LogP contribution in [-0.4, -0.2) is 10.5 Å². The third kappa shape index (κ3) is 3.96. The van der Waals surface area contributed by atoms with E-state index in [-0.39, 0.29) is 28.0 Å². The number of carbonyl (C=O) groups excluding carboxylic acids is 1. The Bertz CT molecular complexity index is 1130. The molecular formula is C20H15BrF2N2O3. The first-order valence-electron chi connectivity index (χ1n) is 8.17. The van der Waals surface area contributed by atoms with Crippen LogP contribution in [0.25, 0.3) is 5.69 Å². The quantitative estimate of drug-likeness (QED) is 0.643. The molecule has 0 bridgehead atoms. The molecule has 1 heterocycles. The number of primary amides is 1. The first-order valence-corrected chi connectivity index (χ1v) is 8.96. The van der Waals surface area contributed by atoms with Gasteiger partial charge in [0.25, 0.3) is 5.56 Å². The van der Waals surface area contributed by atoms with Crippen LogP contribution in [0.15, 0.2) is 57.8 Å². The fourth-order valence-electron chi connectivity index (χ4n) is 2.70. The third-order valence-corrected chi connectivity index (χ3v) is 4.82. The number of nitrogens with two attached hydrogens (primary N) is 1. The fraction of sp³-hybridized carbons (Fsp3) is 0.100. The number of pyridine rings is 1. The van der Waals surface area contributed by atoms with Crippen LogP contribution >= 0.6 is 15.9 Å². The number of nitrogens with zero attached hydrogens (tertiary/aromatic N) is 1. The molecule has 0 aliphatic heterocycles. The Balaban J connectivity index is 1.95. The topological polar surface area (TPSA) is 74.3 Å². The molecule has 3 rings (SSSR count). The lowest BCUT2D eigenvalue weighted by Crippen LogP contribution is -2.22. The molecule has 0 saturated heterocycles. The molecule has 1 amide bonds. The first kappa shape index (κ1) is 19.8. The Labute approximate surface area is 167 Å². The highest BCUT2D eigenvalue weighted by atomic mass is 79.9. The largest absolute Gasteiger partial charge is 0.487 e. The van der Waals surface area contributed by atoms with Crippen molar-refractivity contribution in [3.8, 4) is 11.4 Å². The second-order valence-electron chi connectivity index (χ2n) is 6.04. The van der Waals surface area contributed by atoms with E-state index < -0.39 is 23.1 Å². The molecule has 5 nitrogen and oxygen atoms in total. The van der Waals surface area contributed by atoms with Crippen LogP contribution in [0, 0.1) is 18.6 Å². The van der Waals surface area contributed by atoms with E-state index in [1.807, 2.05) is 0 Å². The normalized spacial score (nSPS) is 10.7. The highest BCUT2D eigenvalue weighted by Crippen LogP contribution is 2.25. The number of hydrogen-bond donors (Lipinski definition) is 1. The zero-order valence-electron chi connectivity index (χ0n) is 14.7. The number of benzene rings is 2. The van der Waals surface area contributed by atoms with Gasteiger partial charge < -0.3 is 10.5 Å². The second kappa shape index (κ2) is 7.93. The molecule has 28 heavy (non-hydrogen) atoms. The molecule has 0 fully saturated rings. The molecule has 144 valence electrons. The maximum atomic E-state index is 13.8. The summed E-state index contributed by atoms with van der Waals surface area (Å²) < 4.78 is 33.9. The number of carbonyl (C=O) groups is 1. The summed E-state index contributed by atoms with van der Waals surface area (Å²) in [6, 6.07) is 11.1. The molecular weight excluding hydrogens is 434 g/mol. The van der Waals surface area contributed by atoms with Gasteiger partial charge in [0, 0.05) is 34.6 Å². The maximum absolute atomic E-state index is 13.8. The summed E-state index contributed by atoms with van der Waals surface area (Å²) in [6.07, 6.45) is 0. The van der Waals surface area contributed by atoms with E-state index in [9.17, 15) is 18.4 Å². The Morgan fingerprint density at radius 1 is 1.18 bits per heavy atom. The highest BCUT2D eigenvalue weighted by molar-refractivity contribution is 9.10. The van der Waals surface area contributed by atoms with E-state index in [1.165, 1.54) is 16.7 Å². The Morgan fingerprint density at radius 3 is 2.61 bits per heavy atom. The van der Waals surface area contributed by atoms with E-state index in [4.69, 9.17) is 10.5 Å². The molecule has 0 unspecified atom stereocenters. The fourth-order valence-corrected chi connectivity index (χ4v) is 3.11. The van der Waals surface area contributed by atoms with E-state index >= 15 is 0 Å². The van der Waals surface area contributed by atoms with Gasteiger partial charge >= 0.3 is 0 Å². The summed E-state index contributed by atoms with van der Waals surface area (Å²) in [6.45, 7) is 1.51. The Hall–Kier alpha value is -3.00. The summed E-state index contributed by atoms with van der Waals surface area (Å²) >= 11 is 3.21. The van der Waals surface area contributed by atoms with Crippen molar-refractivity contribution in [3.05, 3.63) is 91.8 Å². The van der Waals surface area contributed by atoms with Gasteiger partial charge in [0.05, 0.1) is 0 Å². The third-order valence-electron chi connectivity index (χ3n) is 4.09. The van der Waals surface area contributed by atoms with E-state index in [2.05, 4.69) is 15.9 Å². The van der Waals surface area contributed by atoms with E-state index in [1.54, 1.807) is 31.2 Å². The second-order valence-corrected chi connectivity index (χ2v) is 6.84. The Morgan fingerprint density at radius 2 is 1.93 bits per heavy atom. The standard InChI is InChI=1S/C20H15BrF2N2O3/c1-11-7-17(28-10-13-5-6-14(22)9-16(13)23)18(21)20(27)25(11)15-4-2-3-12(8-15)19(24)26/h2-9H,10H2,1H3,(H2,24,26). The number of rotatable bonds is 5. The lowest BCUT2D eigenvalue weighted by Gasteiger charge is -2.15. The predicted octanol–water partition coefficient (Wildman–Crippen LogP) is 3.86. The van der Waals surface area contributed by atoms with Gasteiger partial charge in [0.2, 0.25) is 5.91 Å². The number of hydrogen-bond acceptors (Lipinski definition) is 3. The molecule has 3 aromatic rings.